The van der Waals surface area contributed by atoms with E-state index in [1.807, 2.05) is 38.4 Å². The van der Waals surface area contributed by atoms with Crippen molar-refractivity contribution in [3.8, 4) is 16.9 Å². The first-order valence-corrected chi connectivity index (χ1v) is 12.6. The van der Waals surface area contributed by atoms with Gasteiger partial charge in [-0.1, -0.05) is 30.3 Å². The van der Waals surface area contributed by atoms with Gasteiger partial charge in [0.2, 0.25) is 0 Å². The molecular formula is C24H28N4O4S. The SMILES string of the molecule is CN(C)Cc1ccc(-n2nc(C(=O)N3CCOCC3)c3c2-c2ccccc2S(O)(O)C3)cc1. The Bertz CT molecular complexity index is 1180. The summed E-state index contributed by atoms with van der Waals surface area (Å²) in [4.78, 5) is 17.8. The first-order valence-electron chi connectivity index (χ1n) is 10.9. The molecule has 0 aliphatic carbocycles. The van der Waals surface area contributed by atoms with Gasteiger partial charge < -0.3 is 14.5 Å². The van der Waals surface area contributed by atoms with Gasteiger partial charge in [0.05, 0.1) is 35.2 Å². The third-order valence-electron chi connectivity index (χ3n) is 6.00. The van der Waals surface area contributed by atoms with Crippen molar-refractivity contribution in [1.29, 1.82) is 0 Å². The lowest BCUT2D eigenvalue weighted by atomic mass is 10.0. The first-order chi connectivity index (χ1) is 15.8. The predicted octanol–water partition coefficient (Wildman–Crippen LogP) is 3.70. The molecule has 8 nitrogen and oxygen atoms in total. The maximum absolute atomic E-state index is 13.4. The molecule has 1 saturated heterocycles. The van der Waals surface area contributed by atoms with Crippen LogP contribution in [-0.4, -0.2) is 75.0 Å². The van der Waals surface area contributed by atoms with Gasteiger partial charge in [-0.2, -0.15) is 15.7 Å². The Labute approximate surface area is 194 Å². The zero-order valence-corrected chi connectivity index (χ0v) is 19.6. The molecule has 2 aliphatic heterocycles. The highest BCUT2D eigenvalue weighted by Crippen LogP contribution is 2.59. The quantitative estimate of drug-likeness (QED) is 0.607. The average Bonchev–Trinajstić information content (AvgIpc) is 3.18. The molecule has 2 aliphatic rings. The summed E-state index contributed by atoms with van der Waals surface area (Å²) in [5.74, 6) is -0.226. The minimum absolute atomic E-state index is 0.0243. The number of carbonyl (C=O) groups excluding carboxylic acids is 1. The van der Waals surface area contributed by atoms with E-state index in [9.17, 15) is 13.9 Å². The molecule has 0 spiro atoms. The molecule has 1 aromatic heterocycles. The number of nitrogens with zero attached hydrogens (tertiary/aromatic N) is 4. The lowest BCUT2D eigenvalue weighted by Crippen LogP contribution is -2.41. The molecule has 0 bridgehead atoms. The number of morpholine rings is 1. The molecule has 2 N–H and O–H groups in total. The molecule has 3 aromatic rings. The zero-order chi connectivity index (χ0) is 23.2. The van der Waals surface area contributed by atoms with Crippen LogP contribution in [0.5, 0.6) is 0 Å². The van der Waals surface area contributed by atoms with Gasteiger partial charge in [0, 0.05) is 30.8 Å². The first kappa shape index (κ1) is 22.1. The lowest BCUT2D eigenvalue weighted by Gasteiger charge is -2.38. The van der Waals surface area contributed by atoms with Crippen LogP contribution in [0.25, 0.3) is 16.9 Å². The Kier molecular flexibility index (Phi) is 5.75. The van der Waals surface area contributed by atoms with Gasteiger partial charge in [-0.3, -0.25) is 13.9 Å². The minimum atomic E-state index is -3.09. The number of hydrogen-bond donors (Lipinski definition) is 2. The number of amides is 1. The summed E-state index contributed by atoms with van der Waals surface area (Å²) in [6.07, 6.45) is 0. The van der Waals surface area contributed by atoms with Crippen molar-refractivity contribution >= 4 is 16.5 Å². The molecule has 174 valence electrons. The fraction of sp³-hybridized carbons (Fsp3) is 0.333. The van der Waals surface area contributed by atoms with Crippen LogP contribution in [0.1, 0.15) is 21.6 Å². The van der Waals surface area contributed by atoms with Crippen LogP contribution in [0.15, 0.2) is 53.4 Å². The number of hydrogen-bond acceptors (Lipinski definition) is 6. The van der Waals surface area contributed by atoms with E-state index in [1.54, 1.807) is 21.7 Å². The summed E-state index contributed by atoms with van der Waals surface area (Å²) in [5.41, 5.74) is 4.30. The Morgan fingerprint density at radius 2 is 1.79 bits per heavy atom. The zero-order valence-electron chi connectivity index (χ0n) is 18.8. The molecule has 0 saturated carbocycles. The largest absolute Gasteiger partial charge is 0.378 e. The van der Waals surface area contributed by atoms with Gasteiger partial charge in [0.25, 0.3) is 5.91 Å². The normalized spacial score (nSPS) is 18.0. The monoisotopic (exact) mass is 468 g/mol. The Morgan fingerprint density at radius 1 is 1.09 bits per heavy atom. The van der Waals surface area contributed by atoms with Gasteiger partial charge in [0.1, 0.15) is 0 Å². The molecule has 0 radical (unpaired) electrons. The smallest absolute Gasteiger partial charge is 0.274 e. The van der Waals surface area contributed by atoms with Crippen molar-refractivity contribution in [2.75, 3.05) is 40.4 Å². The maximum atomic E-state index is 13.4. The fourth-order valence-electron chi connectivity index (χ4n) is 4.47. The molecule has 3 heterocycles. The summed E-state index contributed by atoms with van der Waals surface area (Å²) in [6, 6.07) is 15.4. The van der Waals surface area contributed by atoms with E-state index >= 15 is 0 Å². The van der Waals surface area contributed by atoms with Crippen LogP contribution in [0.3, 0.4) is 0 Å². The highest BCUT2D eigenvalue weighted by molar-refractivity contribution is 8.23. The molecule has 33 heavy (non-hydrogen) atoms. The number of carbonyl (C=O) groups is 1. The summed E-state index contributed by atoms with van der Waals surface area (Å²) in [7, 11) is 0.963. The van der Waals surface area contributed by atoms with Gasteiger partial charge in [-0.05, 0) is 37.9 Å². The molecule has 1 amide bonds. The van der Waals surface area contributed by atoms with Crippen molar-refractivity contribution in [1.82, 2.24) is 19.6 Å². The van der Waals surface area contributed by atoms with Crippen molar-refractivity contribution in [3.63, 3.8) is 0 Å². The molecule has 9 heteroatoms. The molecule has 0 atom stereocenters. The molecule has 0 unspecified atom stereocenters. The van der Waals surface area contributed by atoms with Crippen LogP contribution < -0.4 is 0 Å². The summed E-state index contributed by atoms with van der Waals surface area (Å²) in [6.45, 7) is 2.78. The minimum Gasteiger partial charge on any atom is -0.378 e. The van der Waals surface area contributed by atoms with Crippen molar-refractivity contribution < 1.29 is 18.6 Å². The predicted molar refractivity (Wildman–Crippen MR) is 128 cm³/mol. The Balaban J connectivity index is 1.66. The average molecular weight is 469 g/mol. The van der Waals surface area contributed by atoms with E-state index in [1.165, 1.54) is 5.56 Å². The van der Waals surface area contributed by atoms with E-state index in [0.717, 1.165) is 17.9 Å². The van der Waals surface area contributed by atoms with Crippen molar-refractivity contribution in [3.05, 3.63) is 65.4 Å². The van der Waals surface area contributed by atoms with E-state index in [4.69, 9.17) is 9.84 Å². The summed E-state index contributed by atoms with van der Waals surface area (Å²) >= 11 is 0. The van der Waals surface area contributed by atoms with E-state index in [-0.39, 0.29) is 17.4 Å². The van der Waals surface area contributed by atoms with Crippen molar-refractivity contribution in [2.24, 2.45) is 0 Å². The fourth-order valence-corrected chi connectivity index (χ4v) is 6.12. The second-order valence-corrected chi connectivity index (χ2v) is 10.8. The standard InChI is InChI=1S/C24H28N4O4S/c1-26(2)15-17-7-9-18(10-8-17)28-23-19-5-3-4-6-21(19)33(30,31)16-20(23)22(25-28)24(29)27-11-13-32-14-12-27/h3-10,30-31H,11-16H2,1-2H3. The molecular weight excluding hydrogens is 440 g/mol. The Morgan fingerprint density at radius 3 is 2.48 bits per heavy atom. The molecule has 1 fully saturated rings. The number of aromatic nitrogens is 2. The lowest BCUT2D eigenvalue weighted by molar-refractivity contribution is 0.0298. The number of fused-ring (bicyclic) bond motifs is 3. The van der Waals surface area contributed by atoms with Crippen LogP contribution >= 0.6 is 10.6 Å². The maximum Gasteiger partial charge on any atom is 0.274 e. The van der Waals surface area contributed by atoms with Crippen LogP contribution in [0, 0.1) is 0 Å². The highest BCUT2D eigenvalue weighted by atomic mass is 32.3. The Hall–Kier alpha value is -2.69. The second-order valence-electron chi connectivity index (χ2n) is 8.70. The topological polar surface area (TPSA) is 91.1 Å². The van der Waals surface area contributed by atoms with Gasteiger partial charge in [0.15, 0.2) is 5.69 Å². The highest BCUT2D eigenvalue weighted by Gasteiger charge is 2.37. The van der Waals surface area contributed by atoms with E-state index in [2.05, 4.69) is 17.0 Å². The number of rotatable bonds is 4. The number of ether oxygens (including phenoxy) is 1. The van der Waals surface area contributed by atoms with E-state index in [0.29, 0.717) is 42.3 Å². The van der Waals surface area contributed by atoms with Crippen molar-refractivity contribution in [2.45, 2.75) is 17.2 Å². The third kappa shape index (κ3) is 4.07. The van der Waals surface area contributed by atoms with Gasteiger partial charge in [-0.15, -0.1) is 0 Å². The summed E-state index contributed by atoms with van der Waals surface area (Å²) < 4.78 is 29.1. The molecule has 5 rings (SSSR count). The van der Waals surface area contributed by atoms with E-state index < -0.39 is 10.6 Å². The van der Waals surface area contributed by atoms with Crippen LogP contribution in [0.4, 0.5) is 0 Å². The third-order valence-corrected chi connectivity index (χ3v) is 7.76. The van der Waals surface area contributed by atoms with Crippen LogP contribution in [0.2, 0.25) is 0 Å². The number of benzene rings is 2. The molecule has 2 aromatic carbocycles. The van der Waals surface area contributed by atoms with Crippen LogP contribution in [-0.2, 0) is 17.0 Å². The van der Waals surface area contributed by atoms with Gasteiger partial charge in [-0.25, -0.2) is 4.68 Å². The second kappa shape index (κ2) is 8.58. The van der Waals surface area contributed by atoms with Gasteiger partial charge >= 0.3 is 0 Å². The summed E-state index contributed by atoms with van der Waals surface area (Å²) in [5, 5.41) is 4.76.